The van der Waals surface area contributed by atoms with E-state index >= 15 is 0 Å². The van der Waals surface area contributed by atoms with Crippen molar-refractivity contribution in [2.45, 2.75) is 12.3 Å². The third-order valence-corrected chi connectivity index (χ3v) is 3.60. The summed E-state index contributed by atoms with van der Waals surface area (Å²) in [7, 11) is 2.01. The largest absolute Gasteiger partial charge is 0.319 e. The van der Waals surface area contributed by atoms with Gasteiger partial charge in [-0.3, -0.25) is 0 Å². The molecule has 2 atom stereocenters. The maximum atomic E-state index is 6.06. The molecule has 0 radical (unpaired) electrons. The van der Waals surface area contributed by atoms with Gasteiger partial charge < -0.3 is 10.6 Å². The molecule has 2 N–H and O–H groups in total. The van der Waals surface area contributed by atoms with Crippen LogP contribution in [0.1, 0.15) is 17.9 Å². The summed E-state index contributed by atoms with van der Waals surface area (Å²) in [4.78, 5) is 0. The highest BCUT2D eigenvalue weighted by molar-refractivity contribution is 6.30. The molecule has 2 unspecified atom stereocenters. The predicted molar refractivity (Wildman–Crippen MR) is 69.1 cm³/mol. The molecular formula is C13H19ClN2. The zero-order valence-electron chi connectivity index (χ0n) is 9.67. The van der Waals surface area contributed by atoms with E-state index in [2.05, 4.69) is 22.8 Å². The average molecular weight is 239 g/mol. The molecule has 1 aromatic rings. The van der Waals surface area contributed by atoms with Gasteiger partial charge in [0.15, 0.2) is 0 Å². The second-order valence-electron chi connectivity index (χ2n) is 4.47. The number of benzene rings is 1. The van der Waals surface area contributed by atoms with E-state index in [-0.39, 0.29) is 0 Å². The van der Waals surface area contributed by atoms with Gasteiger partial charge in [-0.2, -0.15) is 0 Å². The Hall–Kier alpha value is -0.570. The van der Waals surface area contributed by atoms with Crippen LogP contribution in [-0.4, -0.2) is 26.7 Å². The maximum absolute atomic E-state index is 6.06. The zero-order chi connectivity index (χ0) is 11.4. The van der Waals surface area contributed by atoms with Crippen LogP contribution in [0.15, 0.2) is 24.3 Å². The SMILES string of the molecule is CNCC(c1cccc(Cl)c1)C1CCNC1. The number of likely N-dealkylation sites (N-methyl/N-ethyl adjacent to an activating group) is 1. The standard InChI is InChI=1S/C13H19ClN2/c1-15-9-13(11-5-6-16-8-11)10-3-2-4-12(14)7-10/h2-4,7,11,13,15-16H,5-6,8-9H2,1H3. The van der Waals surface area contributed by atoms with Crippen LogP contribution in [0.5, 0.6) is 0 Å². The summed E-state index contributed by atoms with van der Waals surface area (Å²) in [6, 6.07) is 8.27. The van der Waals surface area contributed by atoms with Gasteiger partial charge in [-0.05, 0) is 50.2 Å². The Kier molecular flexibility index (Phi) is 4.22. The Bertz CT molecular complexity index is 334. The summed E-state index contributed by atoms with van der Waals surface area (Å²) in [6.45, 7) is 3.29. The second-order valence-corrected chi connectivity index (χ2v) is 4.91. The van der Waals surface area contributed by atoms with Gasteiger partial charge in [-0.25, -0.2) is 0 Å². The minimum absolute atomic E-state index is 0.568. The van der Waals surface area contributed by atoms with Crippen molar-refractivity contribution >= 4 is 11.6 Å². The lowest BCUT2D eigenvalue weighted by molar-refractivity contribution is 0.443. The van der Waals surface area contributed by atoms with Gasteiger partial charge in [0, 0.05) is 17.5 Å². The van der Waals surface area contributed by atoms with Crippen LogP contribution in [-0.2, 0) is 0 Å². The van der Waals surface area contributed by atoms with E-state index in [4.69, 9.17) is 11.6 Å². The Morgan fingerprint density at radius 2 is 2.44 bits per heavy atom. The summed E-state index contributed by atoms with van der Waals surface area (Å²) in [5, 5.41) is 7.56. The molecule has 1 heterocycles. The molecule has 3 heteroatoms. The van der Waals surface area contributed by atoms with E-state index in [1.165, 1.54) is 12.0 Å². The summed E-state index contributed by atoms with van der Waals surface area (Å²) in [6.07, 6.45) is 1.26. The van der Waals surface area contributed by atoms with Gasteiger partial charge in [-0.15, -0.1) is 0 Å². The first-order valence-corrected chi connectivity index (χ1v) is 6.30. The highest BCUT2D eigenvalue weighted by atomic mass is 35.5. The molecule has 1 aliphatic heterocycles. The molecule has 0 bridgehead atoms. The first-order valence-electron chi connectivity index (χ1n) is 5.92. The quantitative estimate of drug-likeness (QED) is 0.841. The summed E-state index contributed by atoms with van der Waals surface area (Å²) in [5.41, 5.74) is 1.36. The van der Waals surface area contributed by atoms with Gasteiger partial charge in [0.2, 0.25) is 0 Å². The Morgan fingerprint density at radius 1 is 1.56 bits per heavy atom. The lowest BCUT2D eigenvalue weighted by atomic mass is 9.85. The van der Waals surface area contributed by atoms with Gasteiger partial charge in [-0.1, -0.05) is 23.7 Å². The Balaban J connectivity index is 2.17. The number of halogens is 1. The monoisotopic (exact) mass is 238 g/mol. The maximum Gasteiger partial charge on any atom is 0.0408 e. The van der Waals surface area contributed by atoms with E-state index in [1.807, 2.05) is 19.2 Å². The van der Waals surface area contributed by atoms with Gasteiger partial charge in [0.1, 0.15) is 0 Å². The summed E-state index contributed by atoms with van der Waals surface area (Å²) >= 11 is 6.06. The van der Waals surface area contributed by atoms with Crippen LogP contribution in [0.4, 0.5) is 0 Å². The van der Waals surface area contributed by atoms with E-state index < -0.39 is 0 Å². The molecular weight excluding hydrogens is 220 g/mol. The smallest absolute Gasteiger partial charge is 0.0408 e. The van der Waals surface area contributed by atoms with E-state index in [1.54, 1.807) is 0 Å². The van der Waals surface area contributed by atoms with E-state index in [0.29, 0.717) is 5.92 Å². The van der Waals surface area contributed by atoms with Crippen LogP contribution in [0.2, 0.25) is 5.02 Å². The Labute approximate surface area is 102 Å². The lowest BCUT2D eigenvalue weighted by Crippen LogP contribution is -2.25. The van der Waals surface area contributed by atoms with Crippen LogP contribution in [0, 0.1) is 5.92 Å². The molecule has 0 aromatic heterocycles. The van der Waals surface area contributed by atoms with Crippen molar-refractivity contribution in [3.8, 4) is 0 Å². The molecule has 16 heavy (non-hydrogen) atoms. The van der Waals surface area contributed by atoms with Crippen molar-refractivity contribution in [1.82, 2.24) is 10.6 Å². The van der Waals surface area contributed by atoms with Crippen molar-refractivity contribution in [2.24, 2.45) is 5.92 Å². The molecule has 2 rings (SSSR count). The van der Waals surface area contributed by atoms with Crippen LogP contribution in [0.3, 0.4) is 0 Å². The first kappa shape index (κ1) is 11.9. The number of rotatable bonds is 4. The number of hydrogen-bond donors (Lipinski definition) is 2. The molecule has 0 aliphatic carbocycles. The van der Waals surface area contributed by atoms with E-state index in [9.17, 15) is 0 Å². The highest BCUT2D eigenvalue weighted by Crippen LogP contribution is 2.29. The van der Waals surface area contributed by atoms with Gasteiger partial charge in [0.25, 0.3) is 0 Å². The highest BCUT2D eigenvalue weighted by Gasteiger charge is 2.25. The van der Waals surface area contributed by atoms with Crippen molar-refractivity contribution in [1.29, 1.82) is 0 Å². The van der Waals surface area contributed by atoms with Crippen molar-refractivity contribution < 1.29 is 0 Å². The lowest BCUT2D eigenvalue weighted by Gasteiger charge is -2.23. The topological polar surface area (TPSA) is 24.1 Å². The molecule has 2 nitrogen and oxygen atoms in total. The van der Waals surface area contributed by atoms with Crippen molar-refractivity contribution in [2.75, 3.05) is 26.7 Å². The van der Waals surface area contributed by atoms with Gasteiger partial charge in [0.05, 0.1) is 0 Å². The molecule has 0 saturated carbocycles. The zero-order valence-corrected chi connectivity index (χ0v) is 10.4. The number of nitrogens with one attached hydrogen (secondary N) is 2. The minimum atomic E-state index is 0.568. The second kappa shape index (κ2) is 5.67. The molecule has 1 saturated heterocycles. The number of hydrogen-bond acceptors (Lipinski definition) is 2. The summed E-state index contributed by atoms with van der Waals surface area (Å²) in [5.74, 6) is 1.30. The minimum Gasteiger partial charge on any atom is -0.319 e. The van der Waals surface area contributed by atoms with Crippen LogP contribution >= 0.6 is 11.6 Å². The molecule has 1 aromatic carbocycles. The third-order valence-electron chi connectivity index (χ3n) is 3.37. The van der Waals surface area contributed by atoms with Gasteiger partial charge >= 0.3 is 0 Å². The first-order chi connectivity index (χ1) is 7.81. The van der Waals surface area contributed by atoms with E-state index in [0.717, 1.165) is 30.6 Å². The predicted octanol–water partition coefficient (Wildman–Crippen LogP) is 2.25. The van der Waals surface area contributed by atoms with Crippen molar-refractivity contribution in [3.05, 3.63) is 34.9 Å². The van der Waals surface area contributed by atoms with Crippen LogP contribution in [0.25, 0.3) is 0 Å². The Morgan fingerprint density at radius 3 is 3.06 bits per heavy atom. The molecule has 1 aliphatic rings. The fraction of sp³-hybridized carbons (Fsp3) is 0.538. The molecule has 0 amide bonds. The molecule has 0 spiro atoms. The fourth-order valence-corrected chi connectivity index (χ4v) is 2.73. The normalized spacial score (nSPS) is 22.2. The average Bonchev–Trinajstić information content (AvgIpc) is 2.79. The fourth-order valence-electron chi connectivity index (χ4n) is 2.53. The van der Waals surface area contributed by atoms with Crippen molar-refractivity contribution in [3.63, 3.8) is 0 Å². The molecule has 1 fully saturated rings. The third kappa shape index (κ3) is 2.76. The molecule has 88 valence electrons. The summed E-state index contributed by atoms with van der Waals surface area (Å²) < 4.78 is 0. The van der Waals surface area contributed by atoms with Crippen LogP contribution < -0.4 is 10.6 Å².